The lowest BCUT2D eigenvalue weighted by molar-refractivity contribution is 0.0674. The summed E-state index contributed by atoms with van der Waals surface area (Å²) in [6, 6.07) is 18.2. The molecule has 2 N–H and O–H groups in total. The van der Waals surface area contributed by atoms with Crippen molar-refractivity contribution in [1.82, 2.24) is 4.90 Å². The summed E-state index contributed by atoms with van der Waals surface area (Å²) < 4.78 is 5.45. The largest absolute Gasteiger partial charge is 0.397 e. The number of amidine groups is 1. The van der Waals surface area contributed by atoms with Crippen molar-refractivity contribution in [3.05, 3.63) is 60.2 Å². The fourth-order valence-corrected chi connectivity index (χ4v) is 2.55. The van der Waals surface area contributed by atoms with E-state index in [0.717, 1.165) is 44.2 Å². The molecule has 0 bridgehead atoms. The van der Waals surface area contributed by atoms with E-state index in [1.165, 1.54) is 5.56 Å². The van der Waals surface area contributed by atoms with Crippen LogP contribution in [0.1, 0.15) is 5.56 Å². The second-order valence-electron chi connectivity index (χ2n) is 5.35. The highest BCUT2D eigenvalue weighted by molar-refractivity contribution is 5.88. The third-order valence-corrected chi connectivity index (χ3v) is 3.77. The number of anilines is 1. The molecular weight excluding hydrogens is 274 g/mol. The van der Waals surface area contributed by atoms with E-state index in [0.29, 0.717) is 5.69 Å². The highest BCUT2D eigenvalue weighted by atomic mass is 16.5. The van der Waals surface area contributed by atoms with Crippen molar-refractivity contribution in [3.63, 3.8) is 0 Å². The van der Waals surface area contributed by atoms with Crippen LogP contribution in [-0.4, -0.2) is 37.0 Å². The van der Waals surface area contributed by atoms with E-state index in [-0.39, 0.29) is 0 Å². The van der Waals surface area contributed by atoms with Crippen molar-refractivity contribution in [1.29, 1.82) is 0 Å². The molecular formula is C18H21N3O. The third-order valence-electron chi connectivity index (χ3n) is 3.77. The first-order valence-electron chi connectivity index (χ1n) is 7.61. The molecule has 2 aromatic carbocycles. The smallest absolute Gasteiger partial charge is 0.109 e. The minimum atomic E-state index is 0.710. The minimum absolute atomic E-state index is 0.710. The molecule has 0 atom stereocenters. The molecule has 1 aliphatic rings. The number of hydrogen-bond acceptors (Lipinski definition) is 3. The molecule has 1 aliphatic heterocycles. The second kappa shape index (κ2) is 7.09. The molecule has 0 spiro atoms. The van der Waals surface area contributed by atoms with Crippen LogP contribution < -0.4 is 5.73 Å². The summed E-state index contributed by atoms with van der Waals surface area (Å²) in [6.07, 6.45) is 0.801. The molecule has 2 aromatic rings. The van der Waals surface area contributed by atoms with E-state index in [1.54, 1.807) is 0 Å². The highest BCUT2D eigenvalue weighted by Gasteiger charge is 2.16. The van der Waals surface area contributed by atoms with Crippen molar-refractivity contribution in [2.45, 2.75) is 6.42 Å². The van der Waals surface area contributed by atoms with Gasteiger partial charge in [-0.1, -0.05) is 42.5 Å². The van der Waals surface area contributed by atoms with Crippen molar-refractivity contribution < 1.29 is 4.74 Å². The van der Waals surface area contributed by atoms with Gasteiger partial charge in [0.2, 0.25) is 0 Å². The average Bonchev–Trinajstić information content (AvgIpc) is 2.58. The number of morpholine rings is 1. The monoisotopic (exact) mass is 295 g/mol. The predicted molar refractivity (Wildman–Crippen MR) is 90.5 cm³/mol. The number of ether oxygens (including phenoxy) is 1. The number of benzene rings is 2. The van der Waals surface area contributed by atoms with Crippen LogP contribution in [0.3, 0.4) is 0 Å². The highest BCUT2D eigenvalue weighted by Crippen LogP contribution is 2.22. The number of rotatable bonds is 3. The van der Waals surface area contributed by atoms with Gasteiger partial charge in [0.25, 0.3) is 0 Å². The number of nitrogen functional groups attached to an aromatic ring is 1. The Labute approximate surface area is 131 Å². The Morgan fingerprint density at radius 1 is 1.00 bits per heavy atom. The zero-order valence-electron chi connectivity index (χ0n) is 12.6. The summed E-state index contributed by atoms with van der Waals surface area (Å²) in [5, 5.41) is 0. The Morgan fingerprint density at radius 2 is 1.68 bits per heavy atom. The Bertz CT molecular complexity index is 634. The topological polar surface area (TPSA) is 50.8 Å². The number of aliphatic imine (C=N–C) groups is 1. The molecule has 4 heteroatoms. The quantitative estimate of drug-likeness (QED) is 0.538. The summed E-state index contributed by atoms with van der Waals surface area (Å²) in [5.74, 6) is 1.05. The maximum atomic E-state index is 6.04. The van der Waals surface area contributed by atoms with E-state index in [4.69, 9.17) is 15.5 Å². The number of para-hydroxylation sites is 2. The molecule has 0 unspecified atom stereocenters. The van der Waals surface area contributed by atoms with Crippen LogP contribution in [0, 0.1) is 0 Å². The van der Waals surface area contributed by atoms with Gasteiger partial charge in [-0.15, -0.1) is 0 Å². The van der Waals surface area contributed by atoms with Gasteiger partial charge in [-0.3, -0.25) is 0 Å². The summed E-state index contributed by atoms with van der Waals surface area (Å²) in [7, 11) is 0. The molecule has 0 saturated carbocycles. The molecule has 0 aromatic heterocycles. The lowest BCUT2D eigenvalue weighted by atomic mass is 10.1. The standard InChI is InChI=1S/C18H21N3O/c19-16-8-4-5-9-17(16)20-18(21-10-12-22-13-11-21)14-15-6-2-1-3-7-15/h1-9H,10-14,19H2. The SMILES string of the molecule is Nc1ccccc1N=C(Cc1ccccc1)N1CCOCC1. The zero-order chi connectivity index (χ0) is 15.2. The van der Waals surface area contributed by atoms with Crippen molar-refractivity contribution in [2.24, 2.45) is 4.99 Å². The first kappa shape index (κ1) is 14.6. The molecule has 0 radical (unpaired) electrons. The second-order valence-corrected chi connectivity index (χ2v) is 5.35. The van der Waals surface area contributed by atoms with Crippen LogP contribution in [0.2, 0.25) is 0 Å². The Balaban J connectivity index is 1.90. The minimum Gasteiger partial charge on any atom is -0.397 e. The van der Waals surface area contributed by atoms with Gasteiger partial charge in [0, 0.05) is 19.5 Å². The number of nitrogens with two attached hydrogens (primary N) is 1. The van der Waals surface area contributed by atoms with Gasteiger partial charge in [0.05, 0.1) is 24.6 Å². The summed E-state index contributed by atoms with van der Waals surface area (Å²) in [5.41, 5.74) is 8.84. The van der Waals surface area contributed by atoms with Crippen LogP contribution in [0.4, 0.5) is 11.4 Å². The van der Waals surface area contributed by atoms with E-state index in [2.05, 4.69) is 29.2 Å². The zero-order valence-corrected chi connectivity index (χ0v) is 12.6. The summed E-state index contributed by atoms with van der Waals surface area (Å²) in [6.45, 7) is 3.24. The Morgan fingerprint density at radius 3 is 2.41 bits per heavy atom. The van der Waals surface area contributed by atoms with Crippen molar-refractivity contribution in [2.75, 3.05) is 32.0 Å². The maximum Gasteiger partial charge on any atom is 0.109 e. The molecule has 1 fully saturated rings. The van der Waals surface area contributed by atoms with Gasteiger partial charge in [-0.05, 0) is 17.7 Å². The number of hydrogen-bond donors (Lipinski definition) is 1. The van der Waals surface area contributed by atoms with Crippen molar-refractivity contribution in [3.8, 4) is 0 Å². The van der Waals surface area contributed by atoms with Gasteiger partial charge in [-0.2, -0.15) is 0 Å². The molecule has 0 amide bonds. The van der Waals surface area contributed by atoms with E-state index >= 15 is 0 Å². The van der Waals surface area contributed by atoms with Crippen LogP contribution >= 0.6 is 0 Å². The number of nitrogens with zero attached hydrogens (tertiary/aromatic N) is 2. The van der Waals surface area contributed by atoms with Gasteiger partial charge >= 0.3 is 0 Å². The molecule has 114 valence electrons. The molecule has 1 heterocycles. The molecule has 22 heavy (non-hydrogen) atoms. The fraction of sp³-hybridized carbons (Fsp3) is 0.278. The van der Waals surface area contributed by atoms with E-state index in [9.17, 15) is 0 Å². The normalized spacial score (nSPS) is 15.8. The van der Waals surface area contributed by atoms with Gasteiger partial charge in [0.15, 0.2) is 0 Å². The van der Waals surface area contributed by atoms with Crippen LogP contribution in [-0.2, 0) is 11.2 Å². The van der Waals surface area contributed by atoms with Gasteiger partial charge in [-0.25, -0.2) is 4.99 Å². The molecule has 4 nitrogen and oxygen atoms in total. The van der Waals surface area contributed by atoms with Gasteiger partial charge < -0.3 is 15.4 Å². The van der Waals surface area contributed by atoms with Crippen LogP contribution in [0.5, 0.6) is 0 Å². The van der Waals surface area contributed by atoms with Crippen LogP contribution in [0.15, 0.2) is 59.6 Å². The fourth-order valence-electron chi connectivity index (χ4n) is 2.55. The molecule has 0 aliphatic carbocycles. The lowest BCUT2D eigenvalue weighted by Gasteiger charge is -2.30. The first-order chi connectivity index (χ1) is 10.8. The Hall–Kier alpha value is -2.33. The van der Waals surface area contributed by atoms with Crippen molar-refractivity contribution >= 4 is 17.2 Å². The Kier molecular flexibility index (Phi) is 4.71. The van der Waals surface area contributed by atoms with Crippen LogP contribution in [0.25, 0.3) is 0 Å². The lowest BCUT2D eigenvalue weighted by Crippen LogP contribution is -2.41. The van der Waals surface area contributed by atoms with Gasteiger partial charge in [0.1, 0.15) is 5.84 Å². The predicted octanol–water partition coefficient (Wildman–Crippen LogP) is 2.87. The van der Waals surface area contributed by atoms with E-state index in [1.807, 2.05) is 30.3 Å². The maximum absolute atomic E-state index is 6.04. The average molecular weight is 295 g/mol. The first-order valence-corrected chi connectivity index (χ1v) is 7.61. The summed E-state index contributed by atoms with van der Waals surface area (Å²) >= 11 is 0. The molecule has 3 rings (SSSR count). The summed E-state index contributed by atoms with van der Waals surface area (Å²) in [4.78, 5) is 7.13. The van der Waals surface area contributed by atoms with E-state index < -0.39 is 0 Å². The third kappa shape index (κ3) is 3.65. The molecule has 1 saturated heterocycles.